The minimum Gasteiger partial charge on any atom is -0.443 e. The van der Waals surface area contributed by atoms with Gasteiger partial charge in [0.1, 0.15) is 17.7 Å². The van der Waals surface area contributed by atoms with E-state index in [1.165, 1.54) is 6.42 Å². The SMILES string of the molecule is Cc1cc(C#N)cc2nc(-c3ccc(NC(=O)COC4CCN(C(=O)OC5(C)CCCCC5)CC4)cc3)oc12. The fraction of sp³-hybridized carbons (Fsp3) is 0.467. The van der Waals surface area contributed by atoms with E-state index >= 15 is 0 Å². The molecule has 5 rings (SSSR count). The molecule has 1 saturated heterocycles. The van der Waals surface area contributed by atoms with Crippen LogP contribution in [0.3, 0.4) is 0 Å². The Hall–Kier alpha value is -3.90. The second-order valence-corrected chi connectivity index (χ2v) is 10.8. The quantitative estimate of drug-likeness (QED) is 0.418. The third-order valence-electron chi connectivity index (χ3n) is 7.62. The molecule has 2 heterocycles. The topological polar surface area (TPSA) is 118 Å². The standard InChI is InChI=1S/C30H34N4O5/c1-20-16-21(18-31)17-25-27(20)38-28(33-25)22-6-8-23(9-7-22)32-26(35)19-37-24-10-14-34(15-11-24)29(36)39-30(2)12-4-3-5-13-30/h6-9,16-17,24H,3-5,10-15,19H2,1-2H3,(H,32,35). The number of hydrogen-bond donors (Lipinski definition) is 1. The monoisotopic (exact) mass is 530 g/mol. The van der Waals surface area contributed by atoms with Gasteiger partial charge in [-0.05, 0) is 94.3 Å². The Morgan fingerprint density at radius 3 is 2.56 bits per heavy atom. The fourth-order valence-corrected chi connectivity index (χ4v) is 5.36. The van der Waals surface area contributed by atoms with Crippen LogP contribution in [0.1, 0.15) is 63.0 Å². The van der Waals surface area contributed by atoms with Crippen molar-refractivity contribution in [3.05, 3.63) is 47.5 Å². The number of oxazole rings is 1. The lowest BCUT2D eigenvalue weighted by Crippen LogP contribution is -2.45. The number of anilines is 1. The van der Waals surface area contributed by atoms with Gasteiger partial charge in [0.15, 0.2) is 5.58 Å². The lowest BCUT2D eigenvalue weighted by molar-refractivity contribution is -0.123. The fourth-order valence-electron chi connectivity index (χ4n) is 5.36. The van der Waals surface area contributed by atoms with Crippen molar-refractivity contribution < 1.29 is 23.5 Å². The first kappa shape index (κ1) is 26.7. The van der Waals surface area contributed by atoms with Gasteiger partial charge in [-0.1, -0.05) is 6.42 Å². The second-order valence-electron chi connectivity index (χ2n) is 10.8. The summed E-state index contributed by atoms with van der Waals surface area (Å²) in [5, 5.41) is 12.0. The van der Waals surface area contributed by atoms with Gasteiger partial charge in [-0.2, -0.15) is 5.26 Å². The van der Waals surface area contributed by atoms with Gasteiger partial charge < -0.3 is 24.1 Å². The Kier molecular flexibility index (Phi) is 7.84. The van der Waals surface area contributed by atoms with Crippen molar-refractivity contribution >= 4 is 28.8 Å². The van der Waals surface area contributed by atoms with Crippen LogP contribution in [0, 0.1) is 18.3 Å². The van der Waals surface area contributed by atoms with E-state index in [0.29, 0.717) is 54.2 Å². The molecule has 1 aliphatic heterocycles. The normalized spacial score (nSPS) is 17.5. The third-order valence-corrected chi connectivity index (χ3v) is 7.62. The number of aryl methyl sites for hydroxylation is 1. The third kappa shape index (κ3) is 6.40. The van der Waals surface area contributed by atoms with Crippen molar-refractivity contribution in [3.8, 4) is 17.5 Å². The van der Waals surface area contributed by atoms with Gasteiger partial charge in [0, 0.05) is 24.3 Å². The molecule has 0 radical (unpaired) electrons. The molecule has 0 spiro atoms. The van der Waals surface area contributed by atoms with Gasteiger partial charge in [-0.25, -0.2) is 9.78 Å². The smallest absolute Gasteiger partial charge is 0.410 e. The highest BCUT2D eigenvalue weighted by molar-refractivity contribution is 5.92. The molecule has 2 aliphatic rings. The molecule has 9 nitrogen and oxygen atoms in total. The van der Waals surface area contributed by atoms with Crippen LogP contribution in [0.15, 0.2) is 40.8 Å². The van der Waals surface area contributed by atoms with Crippen LogP contribution < -0.4 is 5.32 Å². The number of aromatic nitrogens is 1. The zero-order valence-corrected chi connectivity index (χ0v) is 22.5. The highest BCUT2D eigenvalue weighted by Crippen LogP contribution is 2.32. The summed E-state index contributed by atoms with van der Waals surface area (Å²) in [6.45, 7) is 5.00. The van der Waals surface area contributed by atoms with Crippen LogP contribution in [0.2, 0.25) is 0 Å². The van der Waals surface area contributed by atoms with E-state index < -0.39 is 0 Å². The Morgan fingerprint density at radius 2 is 1.87 bits per heavy atom. The van der Waals surface area contributed by atoms with Crippen molar-refractivity contribution in [2.75, 3.05) is 25.0 Å². The number of fused-ring (bicyclic) bond motifs is 1. The van der Waals surface area contributed by atoms with E-state index in [0.717, 1.165) is 36.8 Å². The first-order valence-corrected chi connectivity index (χ1v) is 13.6. The van der Waals surface area contributed by atoms with Crippen molar-refractivity contribution in [2.24, 2.45) is 0 Å². The summed E-state index contributed by atoms with van der Waals surface area (Å²) in [5.41, 5.74) is 3.74. The van der Waals surface area contributed by atoms with Crippen molar-refractivity contribution in [1.82, 2.24) is 9.88 Å². The first-order chi connectivity index (χ1) is 18.8. The van der Waals surface area contributed by atoms with E-state index in [1.54, 1.807) is 29.2 Å². The average molecular weight is 531 g/mol. The lowest BCUT2D eigenvalue weighted by atomic mass is 9.86. The van der Waals surface area contributed by atoms with E-state index in [1.807, 2.05) is 26.0 Å². The second kappa shape index (κ2) is 11.5. The molecule has 1 N–H and O–H groups in total. The summed E-state index contributed by atoms with van der Waals surface area (Å²) in [6, 6.07) is 12.8. The number of amides is 2. The van der Waals surface area contributed by atoms with Crippen LogP contribution in [-0.2, 0) is 14.3 Å². The maximum absolute atomic E-state index is 12.6. The van der Waals surface area contributed by atoms with Crippen LogP contribution in [0.4, 0.5) is 10.5 Å². The van der Waals surface area contributed by atoms with Gasteiger partial charge in [0.05, 0.1) is 17.7 Å². The maximum Gasteiger partial charge on any atom is 0.410 e. The molecule has 204 valence electrons. The number of nitriles is 1. The molecular weight excluding hydrogens is 496 g/mol. The number of hydrogen-bond acceptors (Lipinski definition) is 7. The minimum absolute atomic E-state index is 0.0550. The Balaban J connectivity index is 1.07. The average Bonchev–Trinajstić information content (AvgIpc) is 3.37. The molecule has 0 atom stereocenters. The number of benzene rings is 2. The van der Waals surface area contributed by atoms with Crippen molar-refractivity contribution in [2.45, 2.75) is 70.5 Å². The summed E-state index contributed by atoms with van der Waals surface area (Å²) >= 11 is 0. The molecule has 2 aromatic carbocycles. The van der Waals surface area contributed by atoms with E-state index in [-0.39, 0.29) is 30.3 Å². The zero-order chi connectivity index (χ0) is 27.4. The molecule has 1 aromatic heterocycles. The van der Waals surface area contributed by atoms with E-state index in [9.17, 15) is 14.9 Å². The van der Waals surface area contributed by atoms with Crippen LogP contribution in [0.25, 0.3) is 22.6 Å². The lowest BCUT2D eigenvalue weighted by Gasteiger charge is -2.37. The zero-order valence-electron chi connectivity index (χ0n) is 22.5. The molecule has 2 fully saturated rings. The Morgan fingerprint density at radius 1 is 1.15 bits per heavy atom. The Labute approximate surface area is 228 Å². The molecule has 39 heavy (non-hydrogen) atoms. The van der Waals surface area contributed by atoms with Gasteiger partial charge >= 0.3 is 6.09 Å². The number of ether oxygens (including phenoxy) is 2. The number of piperidine rings is 1. The summed E-state index contributed by atoms with van der Waals surface area (Å²) < 4.78 is 17.6. The number of carbonyl (C=O) groups excluding carboxylic acids is 2. The van der Waals surface area contributed by atoms with Crippen molar-refractivity contribution in [3.63, 3.8) is 0 Å². The van der Waals surface area contributed by atoms with Gasteiger partial charge in [0.25, 0.3) is 0 Å². The summed E-state index contributed by atoms with van der Waals surface area (Å²) in [6.07, 6.45) is 6.31. The summed E-state index contributed by atoms with van der Waals surface area (Å²) in [5.74, 6) is 0.212. The molecule has 0 unspecified atom stereocenters. The molecule has 9 heteroatoms. The van der Waals surface area contributed by atoms with Gasteiger partial charge in [-0.3, -0.25) is 4.79 Å². The number of likely N-dealkylation sites (tertiary alicyclic amines) is 1. The van der Waals surface area contributed by atoms with Gasteiger partial charge in [-0.15, -0.1) is 0 Å². The van der Waals surface area contributed by atoms with Crippen molar-refractivity contribution in [1.29, 1.82) is 5.26 Å². The number of nitrogens with one attached hydrogen (secondary N) is 1. The van der Waals surface area contributed by atoms with Crippen LogP contribution >= 0.6 is 0 Å². The number of rotatable bonds is 6. The highest BCUT2D eigenvalue weighted by atomic mass is 16.6. The minimum atomic E-state index is -0.345. The van der Waals surface area contributed by atoms with Gasteiger partial charge in [0.2, 0.25) is 11.8 Å². The van der Waals surface area contributed by atoms with Crippen LogP contribution in [0.5, 0.6) is 0 Å². The molecule has 1 saturated carbocycles. The van der Waals surface area contributed by atoms with Crippen LogP contribution in [-0.4, -0.2) is 53.3 Å². The summed E-state index contributed by atoms with van der Waals surface area (Å²) in [4.78, 5) is 31.4. The number of carbonyl (C=O) groups is 2. The highest BCUT2D eigenvalue weighted by Gasteiger charge is 2.34. The molecular formula is C30H34N4O5. The first-order valence-electron chi connectivity index (χ1n) is 13.6. The van der Waals surface area contributed by atoms with E-state index in [2.05, 4.69) is 16.4 Å². The number of nitrogens with zero attached hydrogens (tertiary/aromatic N) is 3. The molecule has 3 aromatic rings. The molecule has 2 amide bonds. The predicted molar refractivity (Wildman–Crippen MR) is 146 cm³/mol. The predicted octanol–water partition coefficient (Wildman–Crippen LogP) is 5.95. The maximum atomic E-state index is 12.6. The van der Waals surface area contributed by atoms with E-state index in [4.69, 9.17) is 13.9 Å². The molecule has 1 aliphatic carbocycles. The molecule has 0 bridgehead atoms. The Bertz CT molecular complexity index is 1380. The largest absolute Gasteiger partial charge is 0.443 e. The summed E-state index contributed by atoms with van der Waals surface area (Å²) in [7, 11) is 0.